The van der Waals surface area contributed by atoms with Crippen LogP contribution < -0.4 is 24.9 Å². The fourth-order valence-corrected chi connectivity index (χ4v) is 6.94. The molecule has 1 amide bonds. The maximum atomic E-state index is 14.3. The Balaban J connectivity index is 1.37. The molecular weight excluding hydrogens is 580 g/mol. The van der Waals surface area contributed by atoms with Crippen LogP contribution in [0.3, 0.4) is 0 Å². The minimum Gasteiger partial charge on any atom is -0.497 e. The summed E-state index contributed by atoms with van der Waals surface area (Å²) in [6.45, 7) is 2.53. The van der Waals surface area contributed by atoms with Crippen LogP contribution in [0.1, 0.15) is 29.7 Å². The van der Waals surface area contributed by atoms with Crippen molar-refractivity contribution < 1.29 is 9.53 Å². The summed E-state index contributed by atoms with van der Waals surface area (Å²) in [6, 6.07) is 34.6. The third-order valence-corrected chi connectivity index (χ3v) is 8.99. The Labute approximate surface area is 263 Å². The van der Waals surface area contributed by atoms with Crippen molar-refractivity contribution in [3.63, 3.8) is 0 Å². The van der Waals surface area contributed by atoms with E-state index in [1.807, 2.05) is 97.9 Å². The summed E-state index contributed by atoms with van der Waals surface area (Å²) in [5, 5.41) is 4.06. The smallest absolute Gasteiger partial charge is 0.271 e. The quantitative estimate of drug-likeness (QED) is 0.245. The van der Waals surface area contributed by atoms with Crippen molar-refractivity contribution in [1.29, 1.82) is 0 Å². The topological polar surface area (TPSA) is 77.6 Å². The van der Waals surface area contributed by atoms with Gasteiger partial charge in [-0.3, -0.25) is 14.2 Å². The molecule has 0 unspecified atom stereocenters. The molecule has 8 heteroatoms. The number of amides is 1. The lowest BCUT2D eigenvalue weighted by atomic mass is 9.95. The maximum absolute atomic E-state index is 14.3. The second-order valence-corrected chi connectivity index (χ2v) is 11.9. The van der Waals surface area contributed by atoms with Gasteiger partial charge in [-0.05, 0) is 54.5 Å². The number of rotatable bonds is 7. The summed E-state index contributed by atoms with van der Waals surface area (Å²) in [5.41, 5.74) is 5.41. The van der Waals surface area contributed by atoms with Crippen LogP contribution in [-0.4, -0.2) is 22.2 Å². The normalized spacial score (nSPS) is 14.7. The number of ether oxygens (including phenoxy) is 1. The van der Waals surface area contributed by atoms with Crippen molar-refractivity contribution >= 4 is 39.9 Å². The number of carbonyl (C=O) groups excluding carboxylic acids is 1. The molecule has 3 heterocycles. The van der Waals surface area contributed by atoms with E-state index in [9.17, 15) is 9.59 Å². The van der Waals surface area contributed by atoms with Crippen molar-refractivity contribution in [2.24, 2.45) is 4.99 Å². The first kappa shape index (κ1) is 28.3. The second kappa shape index (κ2) is 11.9. The van der Waals surface area contributed by atoms with Gasteiger partial charge in [0.1, 0.15) is 5.75 Å². The predicted octanol–water partition coefficient (Wildman–Crippen LogP) is 5.89. The Morgan fingerprint density at radius 3 is 2.47 bits per heavy atom. The second-order valence-electron chi connectivity index (χ2n) is 10.9. The average molecular weight is 611 g/mol. The largest absolute Gasteiger partial charge is 0.497 e. The fraction of sp³-hybridized carbons (Fsp3) is 0.108. The number of fused-ring (bicyclic) bond motifs is 2. The molecule has 1 N–H and O–H groups in total. The fourth-order valence-electron chi connectivity index (χ4n) is 5.90. The molecule has 0 bridgehead atoms. The van der Waals surface area contributed by atoms with Gasteiger partial charge >= 0.3 is 0 Å². The lowest BCUT2D eigenvalue weighted by Gasteiger charge is -2.25. The number of hydrogen-bond donors (Lipinski definition) is 1. The standard InChI is InChI=1S/C37H30N4O3S/c1-24-33(35(42)39-28-15-7-4-8-16-28)34(26-14-11-17-29(20-26)44-2)41-36(43)32(45-37(41)38-24)21-27-23-40(22-25-12-5-3-6-13-25)31-19-10-9-18-30(27)31/h3-21,23,34H,22H2,1-2H3,(H,39,42)/b32-21-/t34-/m0/s1. The number of allylic oxidation sites excluding steroid dienone is 1. The third-order valence-electron chi connectivity index (χ3n) is 8.01. The first-order chi connectivity index (χ1) is 22.0. The molecule has 4 aromatic carbocycles. The zero-order valence-corrected chi connectivity index (χ0v) is 25.6. The number of thiazole rings is 1. The molecule has 0 saturated carbocycles. The van der Waals surface area contributed by atoms with E-state index >= 15 is 0 Å². The number of hydrogen-bond acceptors (Lipinski definition) is 5. The minimum absolute atomic E-state index is 0.205. The van der Waals surface area contributed by atoms with Gasteiger partial charge in [0, 0.05) is 34.9 Å². The molecule has 7 nitrogen and oxygen atoms in total. The van der Waals surface area contributed by atoms with Crippen molar-refractivity contribution in [2.75, 3.05) is 12.4 Å². The zero-order chi connectivity index (χ0) is 30.9. The molecule has 1 atom stereocenters. The molecule has 0 saturated heterocycles. The number of benzene rings is 4. The Morgan fingerprint density at radius 1 is 0.956 bits per heavy atom. The van der Waals surface area contributed by atoms with Gasteiger partial charge in [-0.2, -0.15) is 0 Å². The van der Waals surface area contributed by atoms with E-state index in [1.54, 1.807) is 11.7 Å². The van der Waals surface area contributed by atoms with Crippen LogP contribution >= 0.6 is 11.3 Å². The highest BCUT2D eigenvalue weighted by Crippen LogP contribution is 2.32. The van der Waals surface area contributed by atoms with E-state index in [-0.39, 0.29) is 11.5 Å². The van der Waals surface area contributed by atoms with Gasteiger partial charge in [-0.1, -0.05) is 90.2 Å². The molecule has 0 spiro atoms. The van der Waals surface area contributed by atoms with Gasteiger partial charge in [-0.15, -0.1) is 0 Å². The highest BCUT2D eigenvalue weighted by Gasteiger charge is 2.33. The summed E-state index contributed by atoms with van der Waals surface area (Å²) in [5.74, 6) is 0.326. The number of anilines is 1. The zero-order valence-electron chi connectivity index (χ0n) is 24.8. The van der Waals surface area contributed by atoms with Gasteiger partial charge in [0.15, 0.2) is 4.80 Å². The van der Waals surface area contributed by atoms with Crippen LogP contribution in [0.25, 0.3) is 17.0 Å². The van der Waals surface area contributed by atoms with Crippen molar-refractivity contribution in [3.05, 3.63) is 163 Å². The molecule has 2 aromatic heterocycles. The molecule has 222 valence electrons. The van der Waals surface area contributed by atoms with Crippen LogP contribution in [0.2, 0.25) is 0 Å². The number of methoxy groups -OCH3 is 1. The molecule has 0 radical (unpaired) electrons. The summed E-state index contributed by atoms with van der Waals surface area (Å²) in [4.78, 5) is 33.5. The number of nitrogens with one attached hydrogen (secondary N) is 1. The SMILES string of the molecule is COc1cccc([C@H]2C(C(=O)Nc3ccccc3)=C(C)N=c3s/c(=C\c4cn(Cc5ccccc5)c5ccccc45)c(=O)n32)c1. The number of para-hydroxylation sites is 2. The molecule has 1 aliphatic rings. The van der Waals surface area contributed by atoms with E-state index in [0.717, 1.165) is 22.0 Å². The highest BCUT2D eigenvalue weighted by molar-refractivity contribution is 7.07. The molecule has 0 fully saturated rings. The van der Waals surface area contributed by atoms with E-state index in [2.05, 4.69) is 40.3 Å². The van der Waals surface area contributed by atoms with Crippen LogP contribution in [-0.2, 0) is 11.3 Å². The first-order valence-electron chi connectivity index (χ1n) is 14.6. The Morgan fingerprint density at radius 2 is 1.69 bits per heavy atom. The summed E-state index contributed by atoms with van der Waals surface area (Å²) >= 11 is 1.33. The first-order valence-corrected chi connectivity index (χ1v) is 15.5. The van der Waals surface area contributed by atoms with Crippen LogP contribution in [0.4, 0.5) is 5.69 Å². The van der Waals surface area contributed by atoms with E-state index < -0.39 is 6.04 Å². The van der Waals surface area contributed by atoms with Gasteiger partial charge in [0.2, 0.25) is 0 Å². The van der Waals surface area contributed by atoms with E-state index in [0.29, 0.717) is 38.6 Å². The molecular formula is C37H30N4O3S. The van der Waals surface area contributed by atoms with Gasteiger partial charge in [0.25, 0.3) is 11.5 Å². The van der Waals surface area contributed by atoms with Gasteiger partial charge < -0.3 is 14.6 Å². The van der Waals surface area contributed by atoms with E-state index in [4.69, 9.17) is 9.73 Å². The highest BCUT2D eigenvalue weighted by atomic mass is 32.1. The lowest BCUT2D eigenvalue weighted by Crippen LogP contribution is -2.40. The molecule has 45 heavy (non-hydrogen) atoms. The monoisotopic (exact) mass is 610 g/mol. The molecule has 0 aliphatic carbocycles. The van der Waals surface area contributed by atoms with Crippen molar-refractivity contribution in [2.45, 2.75) is 19.5 Å². The number of carbonyl (C=O) groups is 1. The maximum Gasteiger partial charge on any atom is 0.271 e. The van der Waals surface area contributed by atoms with Crippen molar-refractivity contribution in [3.8, 4) is 5.75 Å². The van der Waals surface area contributed by atoms with Gasteiger partial charge in [0.05, 0.1) is 29.0 Å². The van der Waals surface area contributed by atoms with Crippen molar-refractivity contribution in [1.82, 2.24) is 9.13 Å². The summed E-state index contributed by atoms with van der Waals surface area (Å²) in [6.07, 6.45) is 4.04. The Bertz CT molecular complexity index is 2260. The molecule has 1 aliphatic heterocycles. The Kier molecular flexibility index (Phi) is 7.49. The minimum atomic E-state index is -0.693. The third kappa shape index (κ3) is 5.41. The summed E-state index contributed by atoms with van der Waals surface area (Å²) in [7, 11) is 1.60. The van der Waals surface area contributed by atoms with Gasteiger partial charge in [-0.25, -0.2) is 4.99 Å². The molecule has 7 rings (SSSR count). The predicted molar refractivity (Wildman–Crippen MR) is 179 cm³/mol. The number of aromatic nitrogens is 2. The summed E-state index contributed by atoms with van der Waals surface area (Å²) < 4.78 is 9.91. The Hall–Kier alpha value is -5.47. The van der Waals surface area contributed by atoms with Crippen LogP contribution in [0, 0.1) is 0 Å². The van der Waals surface area contributed by atoms with E-state index in [1.165, 1.54) is 16.9 Å². The molecule has 6 aromatic rings. The van der Waals surface area contributed by atoms with Crippen LogP contribution in [0.15, 0.2) is 136 Å². The number of nitrogens with zero attached hydrogens (tertiary/aromatic N) is 3. The van der Waals surface area contributed by atoms with Crippen LogP contribution in [0.5, 0.6) is 5.75 Å². The lowest BCUT2D eigenvalue weighted by molar-refractivity contribution is -0.113. The average Bonchev–Trinajstić information content (AvgIpc) is 3.57.